The molecule has 1 aromatic heterocycles. The summed E-state index contributed by atoms with van der Waals surface area (Å²) < 4.78 is 22.1. The van der Waals surface area contributed by atoms with Crippen LogP contribution in [0.2, 0.25) is 0 Å². The summed E-state index contributed by atoms with van der Waals surface area (Å²) in [6, 6.07) is 13.2. The Morgan fingerprint density at radius 1 is 1.09 bits per heavy atom. The van der Waals surface area contributed by atoms with E-state index in [4.69, 9.17) is 23.9 Å². The monoisotopic (exact) mass is 436 g/mol. The van der Waals surface area contributed by atoms with Crippen LogP contribution < -0.4 is 14.2 Å². The molecule has 1 atom stereocenters. The van der Waals surface area contributed by atoms with Gasteiger partial charge in [0, 0.05) is 31.1 Å². The minimum Gasteiger partial charge on any atom is -0.493 e. The van der Waals surface area contributed by atoms with Crippen molar-refractivity contribution in [3.8, 4) is 28.5 Å². The minimum atomic E-state index is -0.0622. The number of para-hydroxylation sites is 1. The summed E-state index contributed by atoms with van der Waals surface area (Å²) in [7, 11) is 6.53. The molecule has 7 heteroatoms. The van der Waals surface area contributed by atoms with E-state index < -0.39 is 0 Å². The van der Waals surface area contributed by atoms with Gasteiger partial charge in [-0.3, -0.25) is 4.79 Å². The summed E-state index contributed by atoms with van der Waals surface area (Å²) in [5, 5.41) is 0.813. The molecule has 1 fully saturated rings. The van der Waals surface area contributed by atoms with Crippen LogP contribution in [0.1, 0.15) is 23.2 Å². The largest absolute Gasteiger partial charge is 0.493 e. The van der Waals surface area contributed by atoms with Crippen LogP contribution in [-0.4, -0.2) is 63.4 Å². The molecule has 1 saturated heterocycles. The van der Waals surface area contributed by atoms with Crippen LogP contribution in [-0.2, 0) is 4.74 Å². The molecule has 0 saturated carbocycles. The normalized spacial score (nSPS) is 15.6. The molecule has 1 aliphatic heterocycles. The summed E-state index contributed by atoms with van der Waals surface area (Å²) in [6.45, 7) is 1.32. The van der Waals surface area contributed by atoms with Gasteiger partial charge in [0.2, 0.25) is 5.75 Å². The zero-order valence-corrected chi connectivity index (χ0v) is 18.9. The smallest absolute Gasteiger partial charge is 0.254 e. The molecule has 4 rings (SSSR count). The van der Waals surface area contributed by atoms with Gasteiger partial charge in [-0.05, 0) is 37.1 Å². The summed E-state index contributed by atoms with van der Waals surface area (Å²) in [6.07, 6.45) is 2.10. The van der Waals surface area contributed by atoms with Gasteiger partial charge in [0.25, 0.3) is 5.91 Å². The second-order valence-electron chi connectivity index (χ2n) is 7.81. The standard InChI is InChI=1S/C25H28N2O5/c1-27(15-17-8-7-11-32-17)25(28)19-14-21(26-20-10-6-5-9-18(19)20)16-12-22(29-2)24(31-4)23(13-16)30-3/h5-6,9-10,12-14,17H,7-8,11,15H2,1-4H3. The van der Waals surface area contributed by atoms with Crippen LogP contribution in [0.5, 0.6) is 17.2 Å². The maximum absolute atomic E-state index is 13.4. The van der Waals surface area contributed by atoms with Crippen molar-refractivity contribution in [3.63, 3.8) is 0 Å². The highest BCUT2D eigenvalue weighted by atomic mass is 16.5. The van der Waals surface area contributed by atoms with E-state index in [0.717, 1.165) is 35.9 Å². The fourth-order valence-electron chi connectivity index (χ4n) is 4.11. The van der Waals surface area contributed by atoms with E-state index in [9.17, 15) is 4.79 Å². The maximum atomic E-state index is 13.4. The van der Waals surface area contributed by atoms with Crippen LogP contribution in [0.3, 0.4) is 0 Å². The van der Waals surface area contributed by atoms with Crippen LogP contribution in [0.25, 0.3) is 22.2 Å². The van der Waals surface area contributed by atoms with Crippen molar-refractivity contribution >= 4 is 16.8 Å². The number of aromatic nitrogens is 1. The molecule has 1 unspecified atom stereocenters. The number of carbonyl (C=O) groups excluding carboxylic acids is 1. The number of hydrogen-bond donors (Lipinski definition) is 0. The van der Waals surface area contributed by atoms with Gasteiger partial charge in [0.05, 0.1) is 44.2 Å². The van der Waals surface area contributed by atoms with Gasteiger partial charge in [-0.2, -0.15) is 0 Å². The highest BCUT2D eigenvalue weighted by molar-refractivity contribution is 6.07. The van der Waals surface area contributed by atoms with Crippen molar-refractivity contribution in [2.24, 2.45) is 0 Å². The highest BCUT2D eigenvalue weighted by Crippen LogP contribution is 2.41. The van der Waals surface area contributed by atoms with Crippen molar-refractivity contribution < 1.29 is 23.7 Å². The van der Waals surface area contributed by atoms with Crippen molar-refractivity contribution in [1.29, 1.82) is 0 Å². The number of nitrogens with zero attached hydrogens (tertiary/aromatic N) is 2. The number of pyridine rings is 1. The van der Waals surface area contributed by atoms with Crippen LogP contribution in [0.4, 0.5) is 0 Å². The molecule has 0 spiro atoms. The first-order valence-corrected chi connectivity index (χ1v) is 10.6. The molecule has 0 aliphatic carbocycles. The molecular weight excluding hydrogens is 408 g/mol. The van der Waals surface area contributed by atoms with Gasteiger partial charge >= 0.3 is 0 Å². The second-order valence-corrected chi connectivity index (χ2v) is 7.81. The number of methoxy groups -OCH3 is 3. The van der Waals surface area contributed by atoms with Gasteiger partial charge in [-0.1, -0.05) is 18.2 Å². The number of ether oxygens (including phenoxy) is 4. The number of amides is 1. The molecule has 0 N–H and O–H groups in total. The van der Waals surface area contributed by atoms with Gasteiger partial charge < -0.3 is 23.8 Å². The van der Waals surface area contributed by atoms with Crippen molar-refractivity contribution in [2.75, 3.05) is 41.5 Å². The zero-order valence-electron chi connectivity index (χ0n) is 18.9. The quantitative estimate of drug-likeness (QED) is 0.553. The van der Waals surface area contributed by atoms with E-state index in [1.54, 1.807) is 26.2 Å². The SMILES string of the molecule is COc1cc(-c2cc(C(=O)N(C)CC3CCCO3)c3ccccc3n2)cc(OC)c1OC. The first-order chi connectivity index (χ1) is 15.5. The van der Waals surface area contributed by atoms with Crippen LogP contribution in [0, 0.1) is 0 Å². The second kappa shape index (κ2) is 9.44. The van der Waals surface area contributed by atoms with Crippen molar-refractivity contribution in [1.82, 2.24) is 9.88 Å². The zero-order chi connectivity index (χ0) is 22.7. The van der Waals surface area contributed by atoms with E-state index in [1.165, 1.54) is 0 Å². The maximum Gasteiger partial charge on any atom is 0.254 e. The summed E-state index contributed by atoms with van der Waals surface area (Å²) in [5.41, 5.74) is 2.75. The Labute approximate surface area is 187 Å². The Morgan fingerprint density at radius 2 is 1.81 bits per heavy atom. The molecule has 2 aromatic carbocycles. The van der Waals surface area contributed by atoms with Gasteiger partial charge in [0.15, 0.2) is 11.5 Å². The van der Waals surface area contributed by atoms with E-state index in [1.807, 2.05) is 49.5 Å². The minimum absolute atomic E-state index is 0.0622. The fourth-order valence-corrected chi connectivity index (χ4v) is 4.11. The summed E-state index contributed by atoms with van der Waals surface area (Å²) in [5.74, 6) is 1.50. The lowest BCUT2D eigenvalue weighted by Crippen LogP contribution is -2.34. The Bertz CT molecular complexity index is 1100. The van der Waals surface area contributed by atoms with Crippen LogP contribution in [0.15, 0.2) is 42.5 Å². The molecule has 32 heavy (non-hydrogen) atoms. The predicted octanol–water partition coefficient (Wildman–Crippen LogP) is 4.18. The first kappa shape index (κ1) is 21.9. The fraction of sp³-hybridized carbons (Fsp3) is 0.360. The Kier molecular flexibility index (Phi) is 6.46. The molecule has 2 heterocycles. The van der Waals surface area contributed by atoms with E-state index in [2.05, 4.69) is 0 Å². The average Bonchev–Trinajstić information content (AvgIpc) is 3.34. The number of rotatable bonds is 7. The van der Waals surface area contributed by atoms with Gasteiger partial charge in [-0.25, -0.2) is 4.98 Å². The topological polar surface area (TPSA) is 70.1 Å². The summed E-state index contributed by atoms with van der Waals surface area (Å²) in [4.78, 5) is 20.0. The Hall–Kier alpha value is -3.32. The Morgan fingerprint density at radius 3 is 2.44 bits per heavy atom. The molecule has 3 aromatic rings. The number of likely N-dealkylation sites (N-methyl/N-ethyl adjacent to an activating group) is 1. The molecule has 0 radical (unpaired) electrons. The lowest BCUT2D eigenvalue weighted by atomic mass is 10.0. The van der Waals surface area contributed by atoms with Gasteiger partial charge in [-0.15, -0.1) is 0 Å². The summed E-state index contributed by atoms with van der Waals surface area (Å²) >= 11 is 0. The third kappa shape index (κ3) is 4.21. The highest BCUT2D eigenvalue weighted by Gasteiger charge is 2.23. The van der Waals surface area contributed by atoms with Crippen LogP contribution >= 0.6 is 0 Å². The number of carbonyl (C=O) groups is 1. The van der Waals surface area contributed by atoms with E-state index >= 15 is 0 Å². The molecule has 1 amide bonds. The van der Waals surface area contributed by atoms with Crippen molar-refractivity contribution in [3.05, 3.63) is 48.0 Å². The van der Waals surface area contributed by atoms with Gasteiger partial charge in [0.1, 0.15) is 0 Å². The van der Waals surface area contributed by atoms with E-state index in [0.29, 0.717) is 35.1 Å². The van der Waals surface area contributed by atoms with E-state index in [-0.39, 0.29) is 12.0 Å². The average molecular weight is 437 g/mol. The third-order valence-electron chi connectivity index (χ3n) is 5.76. The predicted molar refractivity (Wildman–Crippen MR) is 123 cm³/mol. The third-order valence-corrected chi connectivity index (χ3v) is 5.76. The molecule has 1 aliphatic rings. The van der Waals surface area contributed by atoms with Crippen molar-refractivity contribution in [2.45, 2.75) is 18.9 Å². The Balaban J connectivity index is 1.80. The number of hydrogen-bond acceptors (Lipinski definition) is 6. The number of benzene rings is 2. The number of fused-ring (bicyclic) bond motifs is 1. The molecule has 7 nitrogen and oxygen atoms in total. The lowest BCUT2D eigenvalue weighted by Gasteiger charge is -2.22. The first-order valence-electron chi connectivity index (χ1n) is 10.6. The molecular formula is C25H28N2O5. The lowest BCUT2D eigenvalue weighted by molar-refractivity contribution is 0.0588. The molecule has 0 bridgehead atoms. The molecule has 168 valence electrons.